The summed E-state index contributed by atoms with van der Waals surface area (Å²) in [7, 11) is 0. The van der Waals surface area contributed by atoms with E-state index in [1.165, 1.54) is 0 Å². The molecule has 0 amide bonds. The van der Waals surface area contributed by atoms with Gasteiger partial charge in [0, 0.05) is 0 Å². The Labute approximate surface area is 193 Å². The number of hydrogen-bond donors (Lipinski definition) is 1. The molecule has 1 N–H and O–H groups in total. The molecule has 5 atom stereocenters. The summed E-state index contributed by atoms with van der Waals surface area (Å²) in [5, 5.41) is 10.2. The highest BCUT2D eigenvalue weighted by atomic mass is 19.1. The van der Waals surface area contributed by atoms with Gasteiger partial charge in [-0.05, 0) is 16.7 Å². The lowest BCUT2D eigenvalue weighted by Gasteiger charge is -2.41. The monoisotopic (exact) mass is 452 g/mol. The Hall–Kier alpha value is -2.61. The van der Waals surface area contributed by atoms with Gasteiger partial charge >= 0.3 is 0 Å². The second kappa shape index (κ2) is 12.0. The molecule has 3 aromatic rings. The summed E-state index contributed by atoms with van der Waals surface area (Å²) in [6.07, 6.45) is -5.83. The van der Waals surface area contributed by atoms with Crippen molar-refractivity contribution in [3.63, 3.8) is 0 Å². The molecule has 0 saturated carbocycles. The van der Waals surface area contributed by atoms with Gasteiger partial charge in [-0.1, -0.05) is 91.0 Å². The van der Waals surface area contributed by atoms with Crippen LogP contribution in [0.3, 0.4) is 0 Å². The zero-order valence-corrected chi connectivity index (χ0v) is 18.3. The van der Waals surface area contributed by atoms with Crippen LogP contribution in [-0.2, 0) is 38.8 Å². The van der Waals surface area contributed by atoms with Crippen molar-refractivity contribution in [1.82, 2.24) is 0 Å². The Morgan fingerprint density at radius 2 is 1.12 bits per heavy atom. The van der Waals surface area contributed by atoms with Crippen molar-refractivity contribution >= 4 is 0 Å². The van der Waals surface area contributed by atoms with Gasteiger partial charge in [0.2, 0.25) is 0 Å². The fraction of sp³-hybridized carbons (Fsp3) is 0.333. The van der Waals surface area contributed by atoms with E-state index in [0.717, 1.165) is 16.7 Å². The summed E-state index contributed by atoms with van der Waals surface area (Å²) in [5.41, 5.74) is 2.87. The average Bonchev–Trinajstić information content (AvgIpc) is 2.86. The summed E-state index contributed by atoms with van der Waals surface area (Å²) in [6.45, 7) is 0.958. The second-order valence-electron chi connectivity index (χ2n) is 8.03. The molecule has 4 rings (SSSR count). The highest BCUT2D eigenvalue weighted by Crippen LogP contribution is 2.29. The maximum atomic E-state index is 15.1. The van der Waals surface area contributed by atoms with Crippen LogP contribution in [0.4, 0.5) is 4.39 Å². The van der Waals surface area contributed by atoms with Gasteiger partial charge < -0.3 is 24.1 Å². The standard InChI is InChI=1S/C27H29FO5/c28-24-26(32-18-22-14-8-3-9-15-22)25(31-17-21-12-6-2-7-13-21)23(33-27(24)29)19-30-16-20-10-4-1-5-11-20/h1-15,23-27,29H,16-19H2/t23-,24+,25-,26-,27+/m1/s1. The van der Waals surface area contributed by atoms with E-state index < -0.39 is 30.8 Å². The van der Waals surface area contributed by atoms with Crippen LogP contribution in [0.1, 0.15) is 16.7 Å². The van der Waals surface area contributed by atoms with Crippen molar-refractivity contribution in [2.75, 3.05) is 6.61 Å². The number of aliphatic hydroxyl groups is 1. The molecule has 0 aromatic heterocycles. The third kappa shape index (κ3) is 6.69. The number of rotatable bonds is 10. The number of halogens is 1. The quantitative estimate of drug-likeness (QED) is 0.493. The molecule has 0 radical (unpaired) electrons. The Kier molecular flexibility index (Phi) is 8.58. The number of benzene rings is 3. The first-order valence-corrected chi connectivity index (χ1v) is 11.1. The molecule has 0 spiro atoms. The van der Waals surface area contributed by atoms with Crippen molar-refractivity contribution in [3.05, 3.63) is 108 Å². The van der Waals surface area contributed by atoms with E-state index in [4.69, 9.17) is 18.9 Å². The van der Waals surface area contributed by atoms with E-state index in [9.17, 15) is 5.11 Å². The highest BCUT2D eigenvalue weighted by molar-refractivity contribution is 5.15. The molecule has 1 heterocycles. The third-order valence-corrected chi connectivity index (χ3v) is 5.55. The molecule has 1 aliphatic rings. The molecular weight excluding hydrogens is 423 g/mol. The zero-order chi connectivity index (χ0) is 22.9. The van der Waals surface area contributed by atoms with E-state index >= 15 is 4.39 Å². The fourth-order valence-corrected chi connectivity index (χ4v) is 3.81. The lowest BCUT2D eigenvalue weighted by Crippen LogP contribution is -2.59. The van der Waals surface area contributed by atoms with E-state index in [2.05, 4.69) is 0 Å². The van der Waals surface area contributed by atoms with E-state index in [0.29, 0.717) is 6.61 Å². The topological polar surface area (TPSA) is 57.2 Å². The average molecular weight is 453 g/mol. The molecule has 1 fully saturated rings. The van der Waals surface area contributed by atoms with Crippen LogP contribution >= 0.6 is 0 Å². The molecular formula is C27H29FO5. The molecule has 1 aliphatic heterocycles. The minimum atomic E-state index is -1.75. The number of aliphatic hydroxyl groups excluding tert-OH is 1. The van der Waals surface area contributed by atoms with Gasteiger partial charge in [-0.3, -0.25) is 0 Å². The molecule has 5 nitrogen and oxygen atoms in total. The number of alkyl halides is 1. The number of hydrogen-bond acceptors (Lipinski definition) is 5. The van der Waals surface area contributed by atoms with Crippen molar-refractivity contribution < 1.29 is 28.4 Å². The van der Waals surface area contributed by atoms with Gasteiger partial charge in [0.1, 0.15) is 18.3 Å². The van der Waals surface area contributed by atoms with Crippen LogP contribution in [0, 0.1) is 0 Å². The van der Waals surface area contributed by atoms with Crippen LogP contribution in [0.2, 0.25) is 0 Å². The van der Waals surface area contributed by atoms with Crippen LogP contribution in [0.5, 0.6) is 0 Å². The number of ether oxygens (including phenoxy) is 4. The molecule has 0 unspecified atom stereocenters. The minimum Gasteiger partial charge on any atom is -0.374 e. The Balaban J connectivity index is 1.46. The van der Waals surface area contributed by atoms with Crippen molar-refractivity contribution in [3.8, 4) is 0 Å². The van der Waals surface area contributed by atoms with Crippen LogP contribution in [-0.4, -0.2) is 42.5 Å². The van der Waals surface area contributed by atoms with Crippen LogP contribution in [0.25, 0.3) is 0 Å². The smallest absolute Gasteiger partial charge is 0.189 e. The first-order chi connectivity index (χ1) is 16.2. The van der Waals surface area contributed by atoms with Gasteiger partial charge in [0.05, 0.1) is 26.4 Å². The van der Waals surface area contributed by atoms with E-state index in [1.54, 1.807) is 0 Å². The fourth-order valence-electron chi connectivity index (χ4n) is 3.81. The maximum absolute atomic E-state index is 15.1. The summed E-state index contributed by atoms with van der Waals surface area (Å²) >= 11 is 0. The molecule has 0 bridgehead atoms. The second-order valence-corrected chi connectivity index (χ2v) is 8.03. The lowest BCUT2D eigenvalue weighted by atomic mass is 9.99. The predicted octanol–water partition coefficient (Wildman–Crippen LogP) is 4.43. The van der Waals surface area contributed by atoms with Crippen molar-refractivity contribution in [2.45, 2.75) is 50.6 Å². The third-order valence-electron chi connectivity index (χ3n) is 5.55. The molecule has 3 aromatic carbocycles. The molecule has 33 heavy (non-hydrogen) atoms. The summed E-state index contributed by atoms with van der Waals surface area (Å²) in [4.78, 5) is 0. The highest BCUT2D eigenvalue weighted by Gasteiger charge is 2.47. The van der Waals surface area contributed by atoms with Gasteiger partial charge in [-0.2, -0.15) is 0 Å². The molecule has 1 saturated heterocycles. The molecule has 6 heteroatoms. The van der Waals surface area contributed by atoms with Gasteiger partial charge in [-0.25, -0.2) is 4.39 Å². The van der Waals surface area contributed by atoms with Gasteiger partial charge in [0.15, 0.2) is 12.5 Å². The Bertz CT molecular complexity index is 941. The van der Waals surface area contributed by atoms with E-state index in [-0.39, 0.29) is 19.8 Å². The van der Waals surface area contributed by atoms with Crippen molar-refractivity contribution in [1.29, 1.82) is 0 Å². The molecule has 0 aliphatic carbocycles. The van der Waals surface area contributed by atoms with Gasteiger partial charge in [0.25, 0.3) is 0 Å². The summed E-state index contributed by atoms with van der Waals surface area (Å²) < 4.78 is 38.5. The maximum Gasteiger partial charge on any atom is 0.189 e. The Morgan fingerprint density at radius 1 is 0.667 bits per heavy atom. The van der Waals surface area contributed by atoms with Crippen LogP contribution in [0.15, 0.2) is 91.0 Å². The molecule has 174 valence electrons. The summed E-state index contributed by atoms with van der Waals surface area (Å²) in [6, 6.07) is 28.9. The first kappa shape index (κ1) is 23.5. The van der Waals surface area contributed by atoms with E-state index in [1.807, 2.05) is 91.0 Å². The van der Waals surface area contributed by atoms with Crippen molar-refractivity contribution in [2.24, 2.45) is 0 Å². The largest absolute Gasteiger partial charge is 0.374 e. The van der Waals surface area contributed by atoms with Crippen LogP contribution < -0.4 is 0 Å². The Morgan fingerprint density at radius 3 is 1.64 bits per heavy atom. The summed E-state index contributed by atoms with van der Waals surface area (Å²) in [5.74, 6) is 0. The van der Waals surface area contributed by atoms with Gasteiger partial charge in [-0.15, -0.1) is 0 Å². The normalized spacial score (nSPS) is 25.1. The predicted molar refractivity (Wildman–Crippen MR) is 122 cm³/mol. The lowest BCUT2D eigenvalue weighted by molar-refractivity contribution is -0.293. The SMILES string of the molecule is O[C@H]1O[C@H](COCc2ccccc2)[C@@H](OCc2ccccc2)[C@H](OCc2ccccc2)[C@@H]1F. The zero-order valence-electron chi connectivity index (χ0n) is 18.3. The minimum absolute atomic E-state index is 0.128. The first-order valence-electron chi connectivity index (χ1n) is 11.1.